The fourth-order valence-corrected chi connectivity index (χ4v) is 2.48. The van der Waals surface area contributed by atoms with E-state index in [9.17, 15) is 0 Å². The largest absolute Gasteiger partial charge is 0.305 e. The van der Waals surface area contributed by atoms with Crippen molar-refractivity contribution in [2.75, 3.05) is 0 Å². The molecule has 0 aliphatic rings. The zero-order valence-electron chi connectivity index (χ0n) is 9.90. The van der Waals surface area contributed by atoms with Gasteiger partial charge in [0.1, 0.15) is 0 Å². The fraction of sp³-hybridized carbons (Fsp3) is 0.417. The van der Waals surface area contributed by atoms with Crippen LogP contribution in [0.15, 0.2) is 23.7 Å². The topological polar surface area (TPSA) is 29.9 Å². The van der Waals surface area contributed by atoms with Gasteiger partial charge < -0.3 is 5.32 Å². The van der Waals surface area contributed by atoms with Gasteiger partial charge in [-0.05, 0) is 25.3 Å². The minimum atomic E-state index is 0.343. The van der Waals surface area contributed by atoms with Gasteiger partial charge in [-0.1, -0.05) is 6.07 Å². The molecule has 0 radical (unpaired) electrons. The Bertz CT molecular complexity index is 445. The molecule has 1 atom stereocenters. The molecule has 2 rings (SSSR count). The van der Waals surface area contributed by atoms with Gasteiger partial charge in [0.15, 0.2) is 0 Å². The monoisotopic (exact) mass is 235 g/mol. The molecule has 2 aromatic rings. The number of nitrogens with one attached hydrogen (secondary N) is 1. The standard InChI is InChI=1S/C12H17N3S/c1-9(12-8-15(3)14-10(12)2)13-7-11-5-4-6-16-11/h4-6,8-9,13H,7H2,1-3H3. The lowest BCUT2D eigenvalue weighted by molar-refractivity contribution is 0.576. The van der Waals surface area contributed by atoms with Crippen LogP contribution in [0, 0.1) is 6.92 Å². The van der Waals surface area contributed by atoms with E-state index in [-0.39, 0.29) is 0 Å². The highest BCUT2D eigenvalue weighted by molar-refractivity contribution is 7.09. The fourth-order valence-electron chi connectivity index (χ4n) is 1.82. The minimum Gasteiger partial charge on any atom is -0.305 e. The van der Waals surface area contributed by atoms with Gasteiger partial charge in [-0.2, -0.15) is 5.10 Å². The Kier molecular flexibility index (Phi) is 3.41. The Hall–Kier alpha value is -1.13. The summed E-state index contributed by atoms with van der Waals surface area (Å²) in [5.41, 5.74) is 2.38. The van der Waals surface area contributed by atoms with Crippen molar-refractivity contribution in [2.45, 2.75) is 26.4 Å². The first-order chi connectivity index (χ1) is 7.66. The SMILES string of the molecule is Cc1nn(C)cc1C(C)NCc1cccs1. The molecule has 0 saturated heterocycles. The van der Waals surface area contributed by atoms with Gasteiger partial charge in [-0.3, -0.25) is 4.68 Å². The maximum absolute atomic E-state index is 4.36. The van der Waals surface area contributed by atoms with Crippen molar-refractivity contribution in [2.24, 2.45) is 7.05 Å². The van der Waals surface area contributed by atoms with Crippen LogP contribution < -0.4 is 5.32 Å². The number of thiophene rings is 1. The first-order valence-electron chi connectivity index (χ1n) is 5.42. The van der Waals surface area contributed by atoms with Crippen molar-refractivity contribution in [1.82, 2.24) is 15.1 Å². The average Bonchev–Trinajstić information content (AvgIpc) is 2.84. The second kappa shape index (κ2) is 4.80. The number of aromatic nitrogens is 2. The molecule has 0 fully saturated rings. The summed E-state index contributed by atoms with van der Waals surface area (Å²) < 4.78 is 1.87. The summed E-state index contributed by atoms with van der Waals surface area (Å²) in [7, 11) is 1.96. The maximum Gasteiger partial charge on any atom is 0.0641 e. The van der Waals surface area contributed by atoms with Gasteiger partial charge in [0.2, 0.25) is 0 Å². The third kappa shape index (κ3) is 2.51. The summed E-state index contributed by atoms with van der Waals surface area (Å²) in [6, 6.07) is 4.58. The van der Waals surface area contributed by atoms with Crippen molar-refractivity contribution in [3.63, 3.8) is 0 Å². The predicted molar refractivity (Wildman–Crippen MR) is 67.5 cm³/mol. The van der Waals surface area contributed by atoms with Crippen molar-refractivity contribution >= 4 is 11.3 Å². The van der Waals surface area contributed by atoms with Gasteiger partial charge in [-0.25, -0.2) is 0 Å². The van der Waals surface area contributed by atoms with E-state index in [1.54, 1.807) is 11.3 Å². The van der Waals surface area contributed by atoms with Crippen molar-refractivity contribution in [3.05, 3.63) is 39.8 Å². The highest BCUT2D eigenvalue weighted by Gasteiger charge is 2.10. The molecule has 0 saturated carbocycles. The minimum absolute atomic E-state index is 0.343. The van der Waals surface area contributed by atoms with Gasteiger partial charge in [0.25, 0.3) is 0 Å². The van der Waals surface area contributed by atoms with Crippen LogP contribution in [-0.2, 0) is 13.6 Å². The van der Waals surface area contributed by atoms with Crippen molar-refractivity contribution < 1.29 is 0 Å². The second-order valence-corrected chi connectivity index (χ2v) is 5.06. The van der Waals surface area contributed by atoms with Crippen LogP contribution in [0.1, 0.15) is 29.1 Å². The van der Waals surface area contributed by atoms with E-state index in [1.807, 2.05) is 11.7 Å². The van der Waals surface area contributed by atoms with Crippen LogP contribution in [0.3, 0.4) is 0 Å². The Morgan fingerprint density at radius 3 is 2.94 bits per heavy atom. The Balaban J connectivity index is 1.98. The summed E-state index contributed by atoms with van der Waals surface area (Å²) in [5, 5.41) is 9.98. The van der Waals surface area contributed by atoms with Crippen LogP contribution in [0.2, 0.25) is 0 Å². The molecule has 2 aromatic heterocycles. The van der Waals surface area contributed by atoms with Crippen LogP contribution in [-0.4, -0.2) is 9.78 Å². The van der Waals surface area contributed by atoms with Crippen molar-refractivity contribution in [3.8, 4) is 0 Å². The third-order valence-corrected chi connectivity index (χ3v) is 3.56. The lowest BCUT2D eigenvalue weighted by Crippen LogP contribution is -2.17. The van der Waals surface area contributed by atoms with Gasteiger partial charge in [-0.15, -0.1) is 11.3 Å². The average molecular weight is 235 g/mol. The van der Waals surface area contributed by atoms with E-state index in [0.717, 1.165) is 12.2 Å². The molecule has 16 heavy (non-hydrogen) atoms. The zero-order chi connectivity index (χ0) is 11.5. The van der Waals surface area contributed by atoms with Crippen LogP contribution in [0.4, 0.5) is 0 Å². The van der Waals surface area contributed by atoms with E-state index in [2.05, 4.69) is 48.0 Å². The second-order valence-electron chi connectivity index (χ2n) is 4.03. The van der Waals surface area contributed by atoms with E-state index < -0.39 is 0 Å². The Labute approximate surface area is 100 Å². The number of hydrogen-bond donors (Lipinski definition) is 1. The summed E-state index contributed by atoms with van der Waals surface area (Å²) in [5.74, 6) is 0. The molecular formula is C12H17N3S. The summed E-state index contributed by atoms with van der Waals surface area (Å²) in [6.07, 6.45) is 2.08. The molecule has 0 spiro atoms. The van der Waals surface area contributed by atoms with E-state index in [0.29, 0.717) is 6.04 Å². The third-order valence-electron chi connectivity index (χ3n) is 2.68. The van der Waals surface area contributed by atoms with Crippen LogP contribution in [0.25, 0.3) is 0 Å². The molecule has 0 amide bonds. The number of aryl methyl sites for hydroxylation is 2. The van der Waals surface area contributed by atoms with Crippen molar-refractivity contribution in [1.29, 1.82) is 0 Å². The highest BCUT2D eigenvalue weighted by Crippen LogP contribution is 2.17. The summed E-state index contributed by atoms with van der Waals surface area (Å²) >= 11 is 1.79. The lowest BCUT2D eigenvalue weighted by atomic mass is 10.1. The molecule has 3 nitrogen and oxygen atoms in total. The first kappa shape index (κ1) is 11.4. The molecule has 86 valence electrons. The molecular weight excluding hydrogens is 218 g/mol. The highest BCUT2D eigenvalue weighted by atomic mass is 32.1. The number of nitrogens with zero attached hydrogens (tertiary/aromatic N) is 2. The molecule has 0 aliphatic heterocycles. The Morgan fingerprint density at radius 1 is 1.56 bits per heavy atom. The molecule has 0 aliphatic carbocycles. The molecule has 1 unspecified atom stereocenters. The molecule has 1 N–H and O–H groups in total. The quantitative estimate of drug-likeness (QED) is 0.883. The molecule has 4 heteroatoms. The Morgan fingerprint density at radius 2 is 2.38 bits per heavy atom. The molecule has 2 heterocycles. The number of hydrogen-bond acceptors (Lipinski definition) is 3. The zero-order valence-corrected chi connectivity index (χ0v) is 10.7. The van der Waals surface area contributed by atoms with E-state index >= 15 is 0 Å². The first-order valence-corrected chi connectivity index (χ1v) is 6.30. The lowest BCUT2D eigenvalue weighted by Gasteiger charge is -2.11. The van der Waals surface area contributed by atoms with Gasteiger partial charge >= 0.3 is 0 Å². The summed E-state index contributed by atoms with van der Waals surface area (Å²) in [6.45, 7) is 5.16. The molecule has 0 bridgehead atoms. The van der Waals surface area contributed by atoms with Crippen LogP contribution >= 0.6 is 11.3 Å². The maximum atomic E-state index is 4.36. The molecule has 0 aromatic carbocycles. The van der Waals surface area contributed by atoms with Gasteiger partial charge in [0.05, 0.1) is 5.69 Å². The number of rotatable bonds is 4. The predicted octanol–water partition coefficient (Wildman–Crippen LogP) is 2.64. The summed E-state index contributed by atoms with van der Waals surface area (Å²) in [4.78, 5) is 1.37. The van der Waals surface area contributed by atoms with Gasteiger partial charge in [0, 0.05) is 36.3 Å². The smallest absolute Gasteiger partial charge is 0.0641 e. The normalized spacial score (nSPS) is 12.9. The van der Waals surface area contributed by atoms with E-state index in [1.165, 1.54) is 10.4 Å². The van der Waals surface area contributed by atoms with Crippen LogP contribution in [0.5, 0.6) is 0 Å². The van der Waals surface area contributed by atoms with E-state index in [4.69, 9.17) is 0 Å².